The number of rotatable bonds is 6. The number of nitrogens with zero attached hydrogens (tertiary/aromatic N) is 1. The minimum Gasteiger partial charge on any atom is -0.495 e. The molecule has 7 heteroatoms. The summed E-state index contributed by atoms with van der Waals surface area (Å²) in [6, 6.07) is 21.6. The number of hydrogen-bond donors (Lipinski definition) is 2. The summed E-state index contributed by atoms with van der Waals surface area (Å²) in [6.07, 6.45) is 0.617. The Bertz CT molecular complexity index is 1220. The van der Waals surface area contributed by atoms with Crippen molar-refractivity contribution < 1.29 is 14.2 Å². The van der Waals surface area contributed by atoms with Gasteiger partial charge in [0, 0.05) is 12.0 Å². The predicted octanol–water partition coefficient (Wildman–Crippen LogP) is 5.83. The second kappa shape index (κ2) is 10.1. The lowest BCUT2D eigenvalue weighted by Gasteiger charge is -2.33. The number of aryl methyl sites for hydroxylation is 1. The van der Waals surface area contributed by atoms with Crippen LogP contribution in [-0.2, 0) is 6.61 Å². The van der Waals surface area contributed by atoms with Crippen LogP contribution in [0.1, 0.15) is 37.0 Å². The van der Waals surface area contributed by atoms with E-state index in [1.54, 1.807) is 7.11 Å². The van der Waals surface area contributed by atoms with Crippen LogP contribution in [0, 0.1) is 6.92 Å². The predicted molar refractivity (Wildman–Crippen MR) is 140 cm³/mol. The monoisotopic (exact) mass is 475 g/mol. The van der Waals surface area contributed by atoms with Crippen LogP contribution < -0.4 is 25.0 Å². The van der Waals surface area contributed by atoms with Crippen molar-refractivity contribution in [1.82, 2.24) is 5.43 Å². The van der Waals surface area contributed by atoms with Crippen LogP contribution in [0.15, 0.2) is 71.8 Å². The van der Waals surface area contributed by atoms with Gasteiger partial charge in [-0.25, -0.2) is 0 Å². The average molecular weight is 476 g/mol. The Morgan fingerprint density at radius 2 is 1.85 bits per heavy atom. The van der Waals surface area contributed by atoms with E-state index in [2.05, 4.69) is 34.9 Å². The van der Waals surface area contributed by atoms with Crippen LogP contribution in [0.3, 0.4) is 0 Å². The Balaban J connectivity index is 1.52. The molecule has 0 radical (unpaired) electrons. The largest absolute Gasteiger partial charge is 0.495 e. The number of methoxy groups -OCH3 is 1. The zero-order valence-electron chi connectivity index (χ0n) is 19.8. The highest BCUT2D eigenvalue weighted by Crippen LogP contribution is 2.36. The van der Waals surface area contributed by atoms with Gasteiger partial charge in [0.05, 0.1) is 18.5 Å². The van der Waals surface area contributed by atoms with Crippen molar-refractivity contribution in [2.45, 2.75) is 39.4 Å². The Labute approximate surface area is 205 Å². The molecule has 0 saturated heterocycles. The van der Waals surface area contributed by atoms with Crippen molar-refractivity contribution in [3.05, 3.63) is 83.4 Å². The summed E-state index contributed by atoms with van der Waals surface area (Å²) in [5.74, 6) is 2.23. The highest BCUT2D eigenvalue weighted by atomic mass is 32.1. The number of thiocarbonyl (C=S) groups is 1. The molecule has 0 atom stereocenters. The Kier molecular flexibility index (Phi) is 7.03. The molecule has 3 aromatic rings. The second-order valence-corrected chi connectivity index (χ2v) is 9.14. The molecule has 4 rings (SSSR count). The van der Waals surface area contributed by atoms with Crippen molar-refractivity contribution >= 4 is 28.7 Å². The topological polar surface area (TPSA) is 64.1 Å². The van der Waals surface area contributed by atoms with Crippen LogP contribution in [0.5, 0.6) is 17.2 Å². The highest BCUT2D eigenvalue weighted by molar-refractivity contribution is 7.80. The van der Waals surface area contributed by atoms with Gasteiger partial charge in [0.1, 0.15) is 29.5 Å². The van der Waals surface area contributed by atoms with Gasteiger partial charge >= 0.3 is 0 Å². The first-order valence-corrected chi connectivity index (χ1v) is 11.5. The van der Waals surface area contributed by atoms with Gasteiger partial charge in [0.2, 0.25) is 0 Å². The van der Waals surface area contributed by atoms with Gasteiger partial charge < -0.3 is 19.5 Å². The van der Waals surface area contributed by atoms with E-state index in [0.717, 1.165) is 34.0 Å². The Morgan fingerprint density at radius 3 is 2.65 bits per heavy atom. The van der Waals surface area contributed by atoms with Crippen molar-refractivity contribution in [3.8, 4) is 17.2 Å². The maximum Gasteiger partial charge on any atom is 0.191 e. The molecular formula is C27H29N3O3S. The standard InChI is InChI=1S/C27H29N3O3S/c1-18-9-5-6-10-19(18)17-32-20-13-14-24-21(15-20)23(16-27(2,3)33-24)29-30-26(34)28-22-11-7-8-12-25(22)31-4/h5-15H,16-17H2,1-4H3,(H2,28,30,34)/b29-23+. The van der Waals surface area contributed by atoms with Crippen LogP contribution in [0.2, 0.25) is 0 Å². The number of anilines is 1. The number of fused-ring (bicyclic) bond motifs is 1. The summed E-state index contributed by atoms with van der Waals surface area (Å²) in [7, 11) is 1.62. The average Bonchev–Trinajstić information content (AvgIpc) is 2.82. The second-order valence-electron chi connectivity index (χ2n) is 8.74. The summed E-state index contributed by atoms with van der Waals surface area (Å²) in [6.45, 7) is 6.66. The van der Waals surface area contributed by atoms with E-state index in [0.29, 0.717) is 23.9 Å². The van der Waals surface area contributed by atoms with E-state index < -0.39 is 5.60 Å². The third-order valence-corrected chi connectivity index (χ3v) is 5.74. The Morgan fingerprint density at radius 1 is 1.09 bits per heavy atom. The molecule has 176 valence electrons. The minimum atomic E-state index is -0.394. The summed E-state index contributed by atoms with van der Waals surface area (Å²) in [4.78, 5) is 0. The van der Waals surface area contributed by atoms with Crippen LogP contribution in [0.25, 0.3) is 0 Å². The SMILES string of the molecule is COc1ccccc1NC(=S)N/N=C1\CC(C)(C)Oc2ccc(OCc3ccccc3C)cc21. The molecule has 0 amide bonds. The fourth-order valence-corrected chi connectivity index (χ4v) is 3.95. The van der Waals surface area contributed by atoms with Gasteiger partial charge in [-0.15, -0.1) is 0 Å². The number of ether oxygens (including phenoxy) is 3. The maximum atomic E-state index is 6.19. The number of hydrazone groups is 1. The molecule has 0 aliphatic carbocycles. The lowest BCUT2D eigenvalue weighted by atomic mass is 9.92. The first kappa shape index (κ1) is 23.6. The van der Waals surface area contributed by atoms with E-state index in [1.807, 2.05) is 68.4 Å². The molecule has 1 aliphatic heterocycles. The molecule has 0 fully saturated rings. The van der Waals surface area contributed by atoms with Crippen molar-refractivity contribution in [2.24, 2.45) is 5.10 Å². The third-order valence-electron chi connectivity index (χ3n) is 5.54. The summed E-state index contributed by atoms with van der Waals surface area (Å²) in [5, 5.41) is 8.14. The van der Waals surface area contributed by atoms with Gasteiger partial charge in [-0.3, -0.25) is 5.43 Å². The van der Waals surface area contributed by atoms with Crippen molar-refractivity contribution in [3.63, 3.8) is 0 Å². The lowest BCUT2D eigenvalue weighted by molar-refractivity contribution is 0.111. The molecule has 34 heavy (non-hydrogen) atoms. The molecule has 1 heterocycles. The van der Waals surface area contributed by atoms with Gasteiger partial charge in [-0.2, -0.15) is 5.10 Å². The van der Waals surface area contributed by atoms with Crippen LogP contribution >= 0.6 is 12.2 Å². The van der Waals surface area contributed by atoms with E-state index in [1.165, 1.54) is 5.56 Å². The van der Waals surface area contributed by atoms with Crippen LogP contribution in [0.4, 0.5) is 5.69 Å². The van der Waals surface area contributed by atoms with Gasteiger partial charge in [-0.05, 0) is 74.4 Å². The number of para-hydroxylation sites is 2. The summed E-state index contributed by atoms with van der Waals surface area (Å²) in [5.41, 5.74) is 7.43. The number of hydrogen-bond acceptors (Lipinski definition) is 5. The molecule has 1 aliphatic rings. The maximum absolute atomic E-state index is 6.19. The molecule has 3 aromatic carbocycles. The fraction of sp³-hybridized carbons (Fsp3) is 0.259. The first-order valence-electron chi connectivity index (χ1n) is 11.1. The fourth-order valence-electron chi connectivity index (χ4n) is 3.79. The molecular weight excluding hydrogens is 446 g/mol. The van der Waals surface area contributed by atoms with Gasteiger partial charge in [0.25, 0.3) is 0 Å². The minimum absolute atomic E-state index is 0.370. The van der Waals surface area contributed by atoms with Crippen LogP contribution in [-0.4, -0.2) is 23.5 Å². The zero-order chi connectivity index (χ0) is 24.1. The van der Waals surface area contributed by atoms with Crippen molar-refractivity contribution in [2.75, 3.05) is 12.4 Å². The first-order chi connectivity index (χ1) is 16.3. The van der Waals surface area contributed by atoms with E-state index >= 15 is 0 Å². The lowest BCUT2D eigenvalue weighted by Crippen LogP contribution is -2.37. The van der Waals surface area contributed by atoms with Gasteiger partial charge in [-0.1, -0.05) is 36.4 Å². The zero-order valence-corrected chi connectivity index (χ0v) is 20.7. The molecule has 2 N–H and O–H groups in total. The summed E-state index contributed by atoms with van der Waals surface area (Å²) < 4.78 is 17.7. The highest BCUT2D eigenvalue weighted by Gasteiger charge is 2.31. The van der Waals surface area contributed by atoms with Crippen molar-refractivity contribution in [1.29, 1.82) is 0 Å². The molecule has 0 bridgehead atoms. The van der Waals surface area contributed by atoms with E-state index in [-0.39, 0.29) is 0 Å². The molecule has 0 aromatic heterocycles. The van der Waals surface area contributed by atoms with E-state index in [4.69, 9.17) is 26.4 Å². The Hall–Kier alpha value is -3.58. The molecule has 0 unspecified atom stereocenters. The van der Waals surface area contributed by atoms with E-state index in [9.17, 15) is 0 Å². The molecule has 6 nitrogen and oxygen atoms in total. The number of nitrogens with one attached hydrogen (secondary N) is 2. The number of benzene rings is 3. The molecule has 0 spiro atoms. The third kappa shape index (κ3) is 5.66. The molecule has 0 saturated carbocycles. The quantitative estimate of drug-likeness (QED) is 0.345. The van der Waals surface area contributed by atoms with Gasteiger partial charge in [0.15, 0.2) is 5.11 Å². The normalized spacial score (nSPS) is 15.1. The summed E-state index contributed by atoms with van der Waals surface area (Å²) >= 11 is 5.46. The smallest absolute Gasteiger partial charge is 0.191 e.